The summed E-state index contributed by atoms with van der Waals surface area (Å²) in [6.07, 6.45) is 1.55. The number of aryl methyl sites for hydroxylation is 1. The van der Waals surface area contributed by atoms with Gasteiger partial charge in [0.2, 0.25) is 0 Å². The first-order valence-electron chi connectivity index (χ1n) is 5.05. The highest BCUT2D eigenvalue weighted by Gasteiger charge is 2.20. The molecule has 8 heteroatoms. The third-order valence-corrected chi connectivity index (χ3v) is 3.86. The summed E-state index contributed by atoms with van der Waals surface area (Å²) in [5.74, 6) is -0.948. The van der Waals surface area contributed by atoms with Gasteiger partial charge in [0.05, 0.1) is 6.20 Å². The van der Waals surface area contributed by atoms with E-state index in [1.165, 1.54) is 24.0 Å². The summed E-state index contributed by atoms with van der Waals surface area (Å²) in [7, 11) is -2.11. The topological polar surface area (TPSA) is 101 Å². The number of sulfonamides is 1. The number of carboxylic acids is 1. The highest BCUT2D eigenvalue weighted by molar-refractivity contribution is 7.89. The molecule has 0 aliphatic carbocycles. The van der Waals surface area contributed by atoms with E-state index >= 15 is 0 Å². The first-order chi connectivity index (χ1) is 7.83. The number of hydrogen-bond donors (Lipinski definition) is 2. The number of carbonyl (C=O) groups is 1. The summed E-state index contributed by atoms with van der Waals surface area (Å²) in [6, 6.07) is 0.942. The van der Waals surface area contributed by atoms with E-state index in [2.05, 4.69) is 9.82 Å². The van der Waals surface area contributed by atoms with Gasteiger partial charge in [0.15, 0.2) is 5.03 Å². The molecule has 1 unspecified atom stereocenters. The Kier molecular flexibility index (Phi) is 4.24. The normalized spacial score (nSPS) is 13.5. The minimum Gasteiger partial charge on any atom is -0.481 e. The van der Waals surface area contributed by atoms with Crippen molar-refractivity contribution < 1.29 is 18.3 Å². The van der Waals surface area contributed by atoms with Crippen molar-refractivity contribution in [2.75, 3.05) is 0 Å². The molecule has 0 aliphatic heterocycles. The Balaban J connectivity index is 2.68. The fourth-order valence-corrected chi connectivity index (χ4v) is 2.75. The van der Waals surface area contributed by atoms with Crippen molar-refractivity contribution in [3.8, 4) is 0 Å². The van der Waals surface area contributed by atoms with Crippen LogP contribution in [0.25, 0.3) is 0 Å². The molecule has 0 bridgehead atoms. The molecule has 1 atom stereocenters. The molecule has 1 heterocycles. The van der Waals surface area contributed by atoms with Crippen molar-refractivity contribution in [3.63, 3.8) is 0 Å². The van der Waals surface area contributed by atoms with Crippen molar-refractivity contribution in [3.05, 3.63) is 12.3 Å². The van der Waals surface area contributed by atoms with Crippen LogP contribution in [-0.2, 0) is 21.9 Å². The summed E-state index contributed by atoms with van der Waals surface area (Å²) >= 11 is 0. The monoisotopic (exact) mass is 261 g/mol. The van der Waals surface area contributed by atoms with Gasteiger partial charge in [0.1, 0.15) is 0 Å². The first-order valence-corrected chi connectivity index (χ1v) is 6.53. The van der Waals surface area contributed by atoms with Gasteiger partial charge in [-0.25, -0.2) is 13.1 Å². The molecule has 96 valence electrons. The number of rotatable bonds is 6. The summed E-state index contributed by atoms with van der Waals surface area (Å²) < 4.78 is 27.3. The molecule has 0 radical (unpaired) electrons. The Labute approximate surface area is 99.5 Å². The lowest BCUT2D eigenvalue weighted by Crippen LogP contribution is -2.34. The number of nitrogens with one attached hydrogen (secondary N) is 1. The Morgan fingerprint density at radius 1 is 1.65 bits per heavy atom. The van der Waals surface area contributed by atoms with E-state index in [-0.39, 0.29) is 17.9 Å². The van der Waals surface area contributed by atoms with Crippen molar-refractivity contribution in [2.45, 2.75) is 30.8 Å². The summed E-state index contributed by atoms with van der Waals surface area (Å²) in [4.78, 5) is 10.4. The van der Waals surface area contributed by atoms with Crippen LogP contribution >= 0.6 is 0 Å². The molecular weight excluding hydrogens is 246 g/mol. The molecule has 1 aromatic rings. The van der Waals surface area contributed by atoms with Crippen LogP contribution in [0, 0.1) is 0 Å². The van der Waals surface area contributed by atoms with E-state index in [1.54, 1.807) is 6.92 Å². The predicted molar refractivity (Wildman–Crippen MR) is 59.9 cm³/mol. The van der Waals surface area contributed by atoms with Crippen molar-refractivity contribution in [1.82, 2.24) is 14.5 Å². The van der Waals surface area contributed by atoms with Gasteiger partial charge >= 0.3 is 5.97 Å². The van der Waals surface area contributed by atoms with Gasteiger partial charge in [-0.05, 0) is 19.4 Å². The summed E-state index contributed by atoms with van der Waals surface area (Å²) in [6.45, 7) is 1.62. The molecule has 1 aromatic heterocycles. The molecule has 0 aromatic carbocycles. The molecule has 0 saturated carbocycles. The Morgan fingerprint density at radius 3 is 2.76 bits per heavy atom. The van der Waals surface area contributed by atoms with Crippen molar-refractivity contribution >= 4 is 16.0 Å². The second kappa shape index (κ2) is 5.28. The van der Waals surface area contributed by atoms with E-state index in [0.29, 0.717) is 0 Å². The second-order valence-electron chi connectivity index (χ2n) is 3.75. The lowest BCUT2D eigenvalue weighted by atomic mass is 10.2. The maximum atomic E-state index is 11.8. The molecule has 1 rings (SSSR count). The Hall–Kier alpha value is -1.41. The van der Waals surface area contributed by atoms with Crippen molar-refractivity contribution in [2.24, 2.45) is 7.05 Å². The van der Waals surface area contributed by atoms with E-state index < -0.39 is 22.0 Å². The third-order valence-electron chi connectivity index (χ3n) is 2.20. The van der Waals surface area contributed by atoms with Crippen LogP contribution in [0.15, 0.2) is 17.3 Å². The van der Waals surface area contributed by atoms with Gasteiger partial charge in [-0.1, -0.05) is 0 Å². The molecule has 0 fully saturated rings. The number of carboxylic acid groups (broad SMARTS) is 1. The smallest absolute Gasteiger partial charge is 0.303 e. The number of hydrogen-bond acceptors (Lipinski definition) is 4. The van der Waals surface area contributed by atoms with Crippen LogP contribution in [0.4, 0.5) is 0 Å². The van der Waals surface area contributed by atoms with Crippen LogP contribution in [0.3, 0.4) is 0 Å². The number of aromatic nitrogens is 2. The fraction of sp³-hybridized carbons (Fsp3) is 0.556. The first kappa shape index (κ1) is 13.7. The van der Waals surface area contributed by atoms with Gasteiger partial charge in [-0.2, -0.15) is 5.10 Å². The van der Waals surface area contributed by atoms with Gasteiger partial charge in [-0.15, -0.1) is 0 Å². The van der Waals surface area contributed by atoms with Crippen LogP contribution < -0.4 is 4.72 Å². The van der Waals surface area contributed by atoms with Gasteiger partial charge in [-0.3, -0.25) is 9.48 Å². The molecule has 0 amide bonds. The largest absolute Gasteiger partial charge is 0.481 e. The van der Waals surface area contributed by atoms with E-state index in [9.17, 15) is 13.2 Å². The van der Waals surface area contributed by atoms with Crippen LogP contribution in [0.1, 0.15) is 19.8 Å². The Bertz CT molecular complexity index is 494. The van der Waals surface area contributed by atoms with E-state index in [4.69, 9.17) is 5.11 Å². The van der Waals surface area contributed by atoms with E-state index in [0.717, 1.165) is 0 Å². The zero-order valence-corrected chi connectivity index (χ0v) is 10.4. The second-order valence-corrected chi connectivity index (χ2v) is 5.41. The molecule has 0 aliphatic rings. The quantitative estimate of drug-likeness (QED) is 0.747. The predicted octanol–water partition coefficient (Wildman–Crippen LogP) is -0.0483. The van der Waals surface area contributed by atoms with Gasteiger partial charge in [0.25, 0.3) is 10.0 Å². The van der Waals surface area contributed by atoms with Crippen LogP contribution in [-0.4, -0.2) is 35.3 Å². The molecule has 0 spiro atoms. The average molecular weight is 261 g/mol. The lowest BCUT2D eigenvalue weighted by molar-refractivity contribution is -0.137. The molecular formula is C9H15N3O4S. The Morgan fingerprint density at radius 2 is 2.29 bits per heavy atom. The van der Waals surface area contributed by atoms with Gasteiger partial charge in [0, 0.05) is 19.5 Å². The van der Waals surface area contributed by atoms with Crippen molar-refractivity contribution in [1.29, 1.82) is 0 Å². The summed E-state index contributed by atoms with van der Waals surface area (Å²) in [5.41, 5.74) is 0. The standard InChI is InChI=1S/C9H15N3O4S/c1-7(3-4-9(13)14)11-17(15,16)8-5-6-10-12(8)2/h5-7,11H,3-4H2,1-2H3,(H,13,14). The zero-order valence-electron chi connectivity index (χ0n) is 9.62. The molecule has 7 nitrogen and oxygen atoms in total. The lowest BCUT2D eigenvalue weighted by Gasteiger charge is -2.12. The molecule has 2 N–H and O–H groups in total. The highest BCUT2D eigenvalue weighted by atomic mass is 32.2. The number of nitrogens with zero attached hydrogens (tertiary/aromatic N) is 2. The molecule has 0 saturated heterocycles. The SMILES string of the molecule is CC(CCC(=O)O)NS(=O)(=O)c1ccnn1C. The maximum absolute atomic E-state index is 11.8. The van der Waals surface area contributed by atoms with Crippen LogP contribution in [0.5, 0.6) is 0 Å². The third kappa shape index (κ3) is 3.82. The van der Waals surface area contributed by atoms with Gasteiger partial charge < -0.3 is 5.11 Å². The minimum absolute atomic E-state index is 0.0553. The summed E-state index contributed by atoms with van der Waals surface area (Å²) in [5, 5.41) is 12.3. The maximum Gasteiger partial charge on any atom is 0.303 e. The highest BCUT2D eigenvalue weighted by Crippen LogP contribution is 2.08. The van der Waals surface area contributed by atoms with Crippen LogP contribution in [0.2, 0.25) is 0 Å². The molecule has 17 heavy (non-hydrogen) atoms. The van der Waals surface area contributed by atoms with E-state index in [1.807, 2.05) is 0 Å². The number of aliphatic carboxylic acids is 1. The zero-order chi connectivity index (χ0) is 13.1. The minimum atomic E-state index is -3.64. The fourth-order valence-electron chi connectivity index (χ4n) is 1.35. The average Bonchev–Trinajstić information content (AvgIpc) is 2.61.